The Morgan fingerprint density at radius 1 is 1.16 bits per heavy atom. The standard InChI is InChI=1S/C21H19NO2S/c1-14-7-6-10-17-19(14)20-16(13-24-17)11-18(25-20)21(23)22(2)12-15-8-4-3-5-9-15/h3-11H,12-13H2,1-2H3. The molecule has 0 saturated carbocycles. The third kappa shape index (κ3) is 2.94. The van der Waals surface area contributed by atoms with Crippen molar-refractivity contribution < 1.29 is 9.53 Å². The fraction of sp³-hybridized carbons (Fsp3) is 0.190. The molecule has 0 spiro atoms. The molecule has 4 rings (SSSR count). The third-order valence-corrected chi connectivity index (χ3v) is 5.66. The zero-order valence-corrected chi connectivity index (χ0v) is 15.1. The van der Waals surface area contributed by atoms with Crippen molar-refractivity contribution in [1.29, 1.82) is 0 Å². The average Bonchev–Trinajstić information content (AvgIpc) is 3.06. The topological polar surface area (TPSA) is 29.5 Å². The summed E-state index contributed by atoms with van der Waals surface area (Å²) < 4.78 is 5.86. The Morgan fingerprint density at radius 2 is 1.96 bits per heavy atom. The molecule has 1 aromatic heterocycles. The first-order chi connectivity index (χ1) is 12.1. The van der Waals surface area contributed by atoms with Gasteiger partial charge in [0.25, 0.3) is 5.91 Å². The van der Waals surface area contributed by atoms with Gasteiger partial charge in [-0.1, -0.05) is 42.5 Å². The summed E-state index contributed by atoms with van der Waals surface area (Å²) in [6.45, 7) is 3.21. The van der Waals surface area contributed by atoms with Crippen molar-refractivity contribution in [3.05, 3.63) is 76.2 Å². The van der Waals surface area contributed by atoms with Crippen LogP contribution in [0.1, 0.15) is 26.4 Å². The largest absolute Gasteiger partial charge is 0.488 e. The van der Waals surface area contributed by atoms with E-state index in [0.29, 0.717) is 13.2 Å². The highest BCUT2D eigenvalue weighted by Gasteiger charge is 2.25. The summed E-state index contributed by atoms with van der Waals surface area (Å²) in [6, 6.07) is 18.1. The summed E-state index contributed by atoms with van der Waals surface area (Å²) in [6.07, 6.45) is 0. The Hall–Kier alpha value is -2.59. The average molecular weight is 349 g/mol. The normalized spacial score (nSPS) is 12.1. The monoisotopic (exact) mass is 349 g/mol. The predicted octanol–water partition coefficient (Wildman–Crippen LogP) is 4.89. The zero-order valence-electron chi connectivity index (χ0n) is 14.3. The number of ether oxygens (including phenoxy) is 1. The Balaban J connectivity index is 1.63. The summed E-state index contributed by atoms with van der Waals surface area (Å²) in [5, 5.41) is 0. The van der Waals surface area contributed by atoms with E-state index in [1.54, 1.807) is 16.2 Å². The molecule has 25 heavy (non-hydrogen) atoms. The second kappa shape index (κ2) is 6.37. The fourth-order valence-corrected chi connectivity index (χ4v) is 4.45. The minimum absolute atomic E-state index is 0.0541. The molecule has 1 amide bonds. The molecule has 2 heterocycles. The molecule has 3 aromatic rings. The van der Waals surface area contributed by atoms with E-state index in [0.717, 1.165) is 32.2 Å². The highest BCUT2D eigenvalue weighted by atomic mass is 32.1. The number of hydrogen-bond acceptors (Lipinski definition) is 3. The first-order valence-corrected chi connectivity index (χ1v) is 9.10. The minimum atomic E-state index is 0.0541. The van der Waals surface area contributed by atoms with Crippen LogP contribution >= 0.6 is 11.3 Å². The molecule has 2 aromatic carbocycles. The van der Waals surface area contributed by atoms with E-state index in [1.165, 1.54) is 5.56 Å². The number of nitrogens with zero attached hydrogens (tertiary/aromatic N) is 1. The number of rotatable bonds is 3. The number of carbonyl (C=O) groups excluding carboxylic acids is 1. The number of aryl methyl sites for hydroxylation is 1. The van der Waals surface area contributed by atoms with Gasteiger partial charge in [-0.3, -0.25) is 4.79 Å². The number of benzene rings is 2. The molecule has 0 bridgehead atoms. The Bertz CT molecular complexity index is 930. The lowest BCUT2D eigenvalue weighted by molar-refractivity contribution is 0.0790. The van der Waals surface area contributed by atoms with Crippen LogP contribution in [0.4, 0.5) is 0 Å². The Kier molecular flexibility index (Phi) is 4.06. The molecule has 1 aliphatic rings. The molecule has 0 atom stereocenters. The zero-order chi connectivity index (χ0) is 17.4. The second-order valence-electron chi connectivity index (χ2n) is 6.35. The molecule has 0 N–H and O–H groups in total. The van der Waals surface area contributed by atoms with Gasteiger partial charge in [-0.25, -0.2) is 0 Å². The first kappa shape index (κ1) is 15.9. The molecule has 0 fully saturated rings. The number of fused-ring (bicyclic) bond motifs is 3. The van der Waals surface area contributed by atoms with Crippen LogP contribution in [-0.4, -0.2) is 17.9 Å². The van der Waals surface area contributed by atoms with Crippen LogP contribution in [0.25, 0.3) is 10.4 Å². The fourth-order valence-electron chi connectivity index (χ4n) is 3.18. The maximum Gasteiger partial charge on any atom is 0.263 e. The molecule has 4 heteroatoms. The lowest BCUT2D eigenvalue weighted by atomic mass is 10.0. The van der Waals surface area contributed by atoms with Crippen molar-refractivity contribution in [3.8, 4) is 16.2 Å². The predicted molar refractivity (Wildman–Crippen MR) is 101 cm³/mol. The van der Waals surface area contributed by atoms with Crippen LogP contribution < -0.4 is 4.74 Å². The summed E-state index contributed by atoms with van der Waals surface area (Å²) >= 11 is 1.57. The maximum atomic E-state index is 12.9. The molecule has 0 aliphatic carbocycles. The highest BCUT2D eigenvalue weighted by molar-refractivity contribution is 7.17. The highest BCUT2D eigenvalue weighted by Crippen LogP contribution is 2.44. The van der Waals surface area contributed by atoms with Crippen LogP contribution in [0.3, 0.4) is 0 Å². The minimum Gasteiger partial charge on any atom is -0.488 e. The Morgan fingerprint density at radius 3 is 2.76 bits per heavy atom. The van der Waals surface area contributed by atoms with E-state index in [2.05, 4.69) is 13.0 Å². The number of amides is 1. The van der Waals surface area contributed by atoms with Crippen LogP contribution in [0.5, 0.6) is 5.75 Å². The molecule has 126 valence electrons. The summed E-state index contributed by atoms with van der Waals surface area (Å²) in [4.78, 5) is 16.6. The van der Waals surface area contributed by atoms with Gasteiger partial charge in [0, 0.05) is 29.6 Å². The molecule has 1 aliphatic heterocycles. The second-order valence-corrected chi connectivity index (χ2v) is 7.40. The number of hydrogen-bond donors (Lipinski definition) is 0. The van der Waals surface area contributed by atoms with Gasteiger partial charge in [0.1, 0.15) is 12.4 Å². The van der Waals surface area contributed by atoms with Crippen LogP contribution in [-0.2, 0) is 13.2 Å². The van der Waals surface area contributed by atoms with Crippen molar-refractivity contribution >= 4 is 17.2 Å². The van der Waals surface area contributed by atoms with Crippen LogP contribution in [0.15, 0.2) is 54.6 Å². The van der Waals surface area contributed by atoms with Crippen molar-refractivity contribution in [2.45, 2.75) is 20.1 Å². The number of carbonyl (C=O) groups is 1. The molecule has 3 nitrogen and oxygen atoms in total. The van der Waals surface area contributed by atoms with E-state index in [-0.39, 0.29) is 5.91 Å². The number of thiophene rings is 1. The molecular formula is C21H19NO2S. The SMILES string of the molecule is Cc1cccc2c1-c1sc(C(=O)N(C)Cc3ccccc3)cc1CO2. The van der Waals surface area contributed by atoms with Crippen molar-refractivity contribution in [2.24, 2.45) is 0 Å². The van der Waals surface area contributed by atoms with Crippen molar-refractivity contribution in [3.63, 3.8) is 0 Å². The van der Waals surface area contributed by atoms with E-state index >= 15 is 0 Å². The van der Waals surface area contributed by atoms with Crippen LogP contribution in [0, 0.1) is 6.92 Å². The lowest BCUT2D eigenvalue weighted by Gasteiger charge is -2.19. The molecule has 0 saturated heterocycles. The van der Waals surface area contributed by atoms with Gasteiger partial charge in [0.05, 0.1) is 4.88 Å². The summed E-state index contributed by atoms with van der Waals surface area (Å²) in [5.41, 5.74) is 4.53. The van der Waals surface area contributed by atoms with Gasteiger partial charge in [-0.2, -0.15) is 0 Å². The van der Waals surface area contributed by atoms with E-state index in [4.69, 9.17) is 4.74 Å². The molecular weight excluding hydrogens is 330 g/mol. The Labute approximate surface area is 151 Å². The third-order valence-electron chi connectivity index (χ3n) is 4.47. The van der Waals surface area contributed by atoms with Gasteiger partial charge >= 0.3 is 0 Å². The molecule has 0 radical (unpaired) electrons. The van der Waals surface area contributed by atoms with Crippen molar-refractivity contribution in [2.75, 3.05) is 7.05 Å². The van der Waals surface area contributed by atoms with E-state index in [1.807, 2.05) is 55.6 Å². The van der Waals surface area contributed by atoms with Gasteiger partial charge in [0.15, 0.2) is 0 Å². The van der Waals surface area contributed by atoms with E-state index in [9.17, 15) is 4.79 Å². The van der Waals surface area contributed by atoms with Crippen LogP contribution in [0.2, 0.25) is 0 Å². The smallest absolute Gasteiger partial charge is 0.263 e. The van der Waals surface area contributed by atoms with Crippen molar-refractivity contribution in [1.82, 2.24) is 4.90 Å². The quantitative estimate of drug-likeness (QED) is 0.674. The van der Waals surface area contributed by atoms with Gasteiger partial charge in [0.2, 0.25) is 0 Å². The summed E-state index contributed by atoms with van der Waals surface area (Å²) in [5.74, 6) is 0.962. The van der Waals surface area contributed by atoms with E-state index < -0.39 is 0 Å². The van der Waals surface area contributed by atoms with Gasteiger partial charge in [-0.05, 0) is 30.2 Å². The van der Waals surface area contributed by atoms with Gasteiger partial charge < -0.3 is 9.64 Å². The molecule has 0 unspecified atom stereocenters. The van der Waals surface area contributed by atoms with Gasteiger partial charge in [-0.15, -0.1) is 11.3 Å². The maximum absolute atomic E-state index is 12.9. The summed E-state index contributed by atoms with van der Waals surface area (Å²) in [7, 11) is 1.85. The lowest BCUT2D eigenvalue weighted by Crippen LogP contribution is -2.25. The first-order valence-electron chi connectivity index (χ1n) is 8.28.